The fraction of sp³-hybridized carbons (Fsp3) is 0.318. The van der Waals surface area contributed by atoms with Crippen molar-refractivity contribution >= 4 is 23.3 Å². The highest BCUT2D eigenvalue weighted by molar-refractivity contribution is 7.99. The van der Waals surface area contributed by atoms with Gasteiger partial charge in [-0.15, -0.1) is 11.8 Å². The molecule has 8 heteroatoms. The van der Waals surface area contributed by atoms with Crippen LogP contribution in [0.25, 0.3) is 5.65 Å². The molecule has 0 fully saturated rings. The van der Waals surface area contributed by atoms with Crippen molar-refractivity contribution in [1.29, 1.82) is 0 Å². The monoisotopic (exact) mass is 425 g/mol. The normalized spacial score (nSPS) is 13.8. The summed E-state index contributed by atoms with van der Waals surface area (Å²) in [5.41, 5.74) is 3.12. The number of hydrogen-bond acceptors (Lipinski definition) is 6. The number of carbonyl (C=O) groups is 1. The molecule has 1 amide bonds. The van der Waals surface area contributed by atoms with Crippen LogP contribution >= 0.6 is 11.8 Å². The van der Waals surface area contributed by atoms with Crippen molar-refractivity contribution < 1.29 is 14.3 Å². The molecule has 1 N–H and O–H groups in total. The highest BCUT2D eigenvalue weighted by Gasteiger charge is 2.16. The zero-order chi connectivity index (χ0) is 21.1. The highest BCUT2D eigenvalue weighted by atomic mass is 32.2. The minimum atomic E-state index is -0.152. The van der Waals surface area contributed by atoms with Crippen molar-refractivity contribution in [2.45, 2.75) is 25.6 Å². The predicted octanol–water partition coefficient (Wildman–Crippen LogP) is 2.88. The van der Waals surface area contributed by atoms with Crippen molar-refractivity contribution in [3.05, 3.63) is 69.8 Å². The van der Waals surface area contributed by atoms with Crippen molar-refractivity contribution in [3.63, 3.8) is 0 Å². The number of fused-ring (bicyclic) bond motifs is 2. The molecular weight excluding hydrogens is 402 g/mol. The molecule has 2 aromatic heterocycles. The van der Waals surface area contributed by atoms with E-state index in [1.165, 1.54) is 22.2 Å². The van der Waals surface area contributed by atoms with Crippen molar-refractivity contribution in [3.8, 4) is 11.5 Å². The highest BCUT2D eigenvalue weighted by Crippen LogP contribution is 2.32. The molecule has 7 nitrogen and oxygen atoms in total. The van der Waals surface area contributed by atoms with Gasteiger partial charge in [0.25, 0.3) is 5.56 Å². The number of thioether (sulfide) groups is 1. The van der Waals surface area contributed by atoms with Crippen LogP contribution in [0.15, 0.2) is 47.4 Å². The Morgan fingerprint density at radius 3 is 2.83 bits per heavy atom. The van der Waals surface area contributed by atoms with Crippen molar-refractivity contribution in [2.75, 3.05) is 19.0 Å². The summed E-state index contributed by atoms with van der Waals surface area (Å²) in [7, 11) is 0. The Bertz CT molecular complexity index is 1140. The van der Waals surface area contributed by atoms with Crippen LogP contribution in [0.4, 0.5) is 0 Å². The fourth-order valence-corrected chi connectivity index (χ4v) is 4.00. The van der Waals surface area contributed by atoms with Gasteiger partial charge in [0, 0.05) is 18.0 Å². The van der Waals surface area contributed by atoms with Gasteiger partial charge in [-0.2, -0.15) is 0 Å². The van der Waals surface area contributed by atoms with Crippen LogP contribution in [0.5, 0.6) is 11.5 Å². The van der Waals surface area contributed by atoms with Crippen molar-refractivity contribution in [2.24, 2.45) is 0 Å². The average molecular weight is 426 g/mol. The lowest BCUT2D eigenvalue weighted by atomic mass is 10.1. The Morgan fingerprint density at radius 1 is 1.20 bits per heavy atom. The van der Waals surface area contributed by atoms with Gasteiger partial charge >= 0.3 is 0 Å². The molecule has 30 heavy (non-hydrogen) atoms. The van der Waals surface area contributed by atoms with E-state index in [4.69, 9.17) is 9.47 Å². The van der Waals surface area contributed by atoms with Gasteiger partial charge in [-0.25, -0.2) is 4.98 Å². The maximum absolute atomic E-state index is 12.3. The summed E-state index contributed by atoms with van der Waals surface area (Å²) in [6, 6.07) is 10.8. The lowest BCUT2D eigenvalue weighted by Crippen LogP contribution is -2.28. The van der Waals surface area contributed by atoms with Crippen LogP contribution in [-0.4, -0.2) is 34.3 Å². The molecule has 0 bridgehead atoms. The Kier molecular flexibility index (Phi) is 5.94. The Labute approximate surface area is 178 Å². The fourth-order valence-electron chi connectivity index (χ4n) is 3.28. The van der Waals surface area contributed by atoms with E-state index in [0.717, 1.165) is 16.9 Å². The molecule has 0 aliphatic carbocycles. The molecule has 4 rings (SSSR count). The number of pyridine rings is 1. The maximum Gasteiger partial charge on any atom is 0.258 e. The molecule has 0 unspecified atom stereocenters. The van der Waals surface area contributed by atoms with E-state index in [1.807, 2.05) is 44.2 Å². The second-order valence-corrected chi connectivity index (χ2v) is 8.19. The van der Waals surface area contributed by atoms with Crippen LogP contribution in [-0.2, 0) is 10.5 Å². The number of amides is 1. The van der Waals surface area contributed by atoms with Gasteiger partial charge in [0.15, 0.2) is 11.5 Å². The first-order valence-corrected chi connectivity index (χ1v) is 10.9. The second-order valence-electron chi connectivity index (χ2n) is 7.21. The zero-order valence-electron chi connectivity index (χ0n) is 16.9. The molecule has 1 aliphatic rings. The van der Waals surface area contributed by atoms with Gasteiger partial charge in [-0.3, -0.25) is 14.0 Å². The molecule has 1 aromatic carbocycles. The smallest absolute Gasteiger partial charge is 0.258 e. The topological polar surface area (TPSA) is 81.9 Å². The zero-order valence-corrected chi connectivity index (χ0v) is 17.7. The first kappa shape index (κ1) is 20.3. The number of benzene rings is 1. The molecule has 0 spiro atoms. The van der Waals surface area contributed by atoms with Gasteiger partial charge < -0.3 is 14.8 Å². The first-order chi connectivity index (χ1) is 14.5. The number of nitrogens with one attached hydrogen (secondary N) is 1. The Hall–Kier alpha value is -3.00. The minimum Gasteiger partial charge on any atom is -0.486 e. The van der Waals surface area contributed by atoms with Gasteiger partial charge in [-0.05, 0) is 43.2 Å². The molecule has 3 aromatic rings. The molecule has 0 saturated heterocycles. The van der Waals surface area contributed by atoms with Gasteiger partial charge in [0.1, 0.15) is 18.9 Å². The van der Waals surface area contributed by atoms with Gasteiger partial charge in [0.05, 0.1) is 17.5 Å². The first-order valence-electron chi connectivity index (χ1n) is 9.75. The van der Waals surface area contributed by atoms with E-state index >= 15 is 0 Å². The lowest BCUT2D eigenvalue weighted by molar-refractivity contribution is -0.119. The molecule has 156 valence electrons. The van der Waals surface area contributed by atoms with E-state index in [0.29, 0.717) is 36.1 Å². The molecule has 0 radical (unpaired) electrons. The molecule has 3 heterocycles. The summed E-state index contributed by atoms with van der Waals surface area (Å²) < 4.78 is 12.7. The molecule has 1 aliphatic heterocycles. The number of carbonyl (C=O) groups excluding carboxylic acids is 1. The summed E-state index contributed by atoms with van der Waals surface area (Å²) in [5.74, 6) is 2.14. The van der Waals surface area contributed by atoms with E-state index in [-0.39, 0.29) is 23.3 Å². The van der Waals surface area contributed by atoms with E-state index in [9.17, 15) is 9.59 Å². The van der Waals surface area contributed by atoms with E-state index in [1.54, 1.807) is 6.20 Å². The predicted molar refractivity (Wildman–Crippen MR) is 116 cm³/mol. The largest absolute Gasteiger partial charge is 0.486 e. The van der Waals surface area contributed by atoms with Crippen LogP contribution in [0.2, 0.25) is 0 Å². The van der Waals surface area contributed by atoms with Crippen LogP contribution in [0.3, 0.4) is 0 Å². The van der Waals surface area contributed by atoms with Crippen LogP contribution in [0.1, 0.15) is 29.8 Å². The molecular formula is C22H23N3O4S. The Morgan fingerprint density at radius 2 is 2.00 bits per heavy atom. The van der Waals surface area contributed by atoms with E-state index < -0.39 is 0 Å². The summed E-state index contributed by atoms with van der Waals surface area (Å²) in [6.07, 6.45) is 1.77. The van der Waals surface area contributed by atoms with Crippen molar-refractivity contribution in [1.82, 2.24) is 14.7 Å². The molecule has 1 atom stereocenters. The average Bonchev–Trinajstić information content (AvgIpc) is 2.74. The maximum atomic E-state index is 12.3. The molecule has 0 saturated carbocycles. The summed E-state index contributed by atoms with van der Waals surface area (Å²) in [6.45, 7) is 4.94. The standard InChI is InChI=1S/C22H23N3O4S/c1-14-3-6-20-24-17(10-22(27)25(20)11-14)12-30-13-21(26)23-15(2)16-4-5-18-19(9-16)29-8-7-28-18/h3-6,9-11,15H,7-8,12-13H2,1-2H3,(H,23,26)/t15-/m0/s1. The van der Waals surface area contributed by atoms with Crippen LogP contribution in [0, 0.1) is 6.92 Å². The van der Waals surface area contributed by atoms with E-state index in [2.05, 4.69) is 10.3 Å². The summed E-state index contributed by atoms with van der Waals surface area (Å²) in [4.78, 5) is 29.1. The number of rotatable bonds is 6. The minimum absolute atomic E-state index is 0.0736. The third kappa shape index (κ3) is 4.59. The third-order valence-electron chi connectivity index (χ3n) is 4.79. The SMILES string of the molecule is Cc1ccc2nc(CSCC(=O)N[C@@H](C)c3ccc4c(c3)OCCO4)cc(=O)n2c1. The summed E-state index contributed by atoms with van der Waals surface area (Å²) in [5, 5.41) is 2.99. The number of aryl methyl sites for hydroxylation is 1. The quantitative estimate of drug-likeness (QED) is 0.654. The second kappa shape index (κ2) is 8.79. The summed E-state index contributed by atoms with van der Waals surface area (Å²) >= 11 is 1.43. The van der Waals surface area contributed by atoms with Gasteiger partial charge in [0.2, 0.25) is 5.91 Å². The number of nitrogens with zero attached hydrogens (tertiary/aromatic N) is 2. The Balaban J connectivity index is 1.32. The van der Waals surface area contributed by atoms with Crippen LogP contribution < -0.4 is 20.3 Å². The van der Waals surface area contributed by atoms with Gasteiger partial charge in [-0.1, -0.05) is 12.1 Å². The third-order valence-corrected chi connectivity index (χ3v) is 5.75. The number of ether oxygens (including phenoxy) is 2. The number of hydrogen-bond donors (Lipinski definition) is 1. The lowest BCUT2D eigenvalue weighted by Gasteiger charge is -2.21. The number of aromatic nitrogens is 2.